The summed E-state index contributed by atoms with van der Waals surface area (Å²) in [5.74, 6) is -0.526. The topological polar surface area (TPSA) is 74.9 Å². The first-order chi connectivity index (χ1) is 13.2. The molecule has 7 heteroatoms. The van der Waals surface area contributed by atoms with E-state index < -0.39 is 13.1 Å². The van der Waals surface area contributed by atoms with Crippen molar-refractivity contribution in [2.24, 2.45) is 0 Å². The summed E-state index contributed by atoms with van der Waals surface area (Å²) >= 11 is 1.40. The van der Waals surface area contributed by atoms with Crippen LogP contribution in [-0.4, -0.2) is 29.7 Å². The highest BCUT2D eigenvalue weighted by Gasteiger charge is 2.25. The molecule has 0 bridgehead atoms. The van der Waals surface area contributed by atoms with Gasteiger partial charge in [0.25, 0.3) is 0 Å². The number of furan rings is 1. The van der Waals surface area contributed by atoms with Crippen LogP contribution < -0.4 is 4.72 Å². The fraction of sp³-hybridized carbons (Fsp3) is 0.300. The third-order valence-electron chi connectivity index (χ3n) is 4.85. The van der Waals surface area contributed by atoms with Gasteiger partial charge in [-0.1, -0.05) is 30.3 Å². The van der Waals surface area contributed by atoms with Gasteiger partial charge in [0.2, 0.25) is 0 Å². The van der Waals surface area contributed by atoms with Gasteiger partial charge in [0, 0.05) is 16.9 Å². The standard InChI is InChI=1S/C20H22BNO4S/c23-21(24)20(12-15-13-26-19-8-2-1-7-17(15)19)22-27-16-6-3-5-14(11-16)18-9-4-10-25-18/h1-3,5-8,11,13,18,20,22-24H,4,9-10,12H2. The molecule has 1 aliphatic heterocycles. The summed E-state index contributed by atoms with van der Waals surface area (Å²) in [5.41, 5.74) is 2.92. The molecule has 1 aromatic heterocycles. The van der Waals surface area contributed by atoms with Crippen LogP contribution in [0.4, 0.5) is 0 Å². The van der Waals surface area contributed by atoms with E-state index in [1.54, 1.807) is 6.26 Å². The highest BCUT2D eigenvalue weighted by atomic mass is 32.2. The van der Waals surface area contributed by atoms with Gasteiger partial charge in [0.05, 0.1) is 18.3 Å². The Hall–Kier alpha value is -1.77. The van der Waals surface area contributed by atoms with Crippen LogP contribution in [0.1, 0.15) is 30.1 Å². The van der Waals surface area contributed by atoms with Crippen LogP contribution in [-0.2, 0) is 11.2 Å². The van der Waals surface area contributed by atoms with Crippen LogP contribution in [0.15, 0.2) is 64.1 Å². The SMILES string of the molecule is OB(O)C(Cc1coc2ccccc12)NSc1cccc(C2CCCO2)c1. The third-order valence-corrected chi connectivity index (χ3v) is 5.76. The van der Waals surface area contributed by atoms with Crippen LogP contribution in [0.3, 0.4) is 0 Å². The van der Waals surface area contributed by atoms with E-state index >= 15 is 0 Å². The highest BCUT2D eigenvalue weighted by molar-refractivity contribution is 7.97. The second-order valence-corrected chi connectivity index (χ2v) is 7.69. The predicted octanol–water partition coefficient (Wildman–Crippen LogP) is 3.50. The molecule has 0 spiro atoms. The Morgan fingerprint density at radius 1 is 1.19 bits per heavy atom. The Morgan fingerprint density at radius 3 is 2.89 bits per heavy atom. The van der Waals surface area contributed by atoms with Crippen molar-refractivity contribution in [2.75, 3.05) is 6.61 Å². The summed E-state index contributed by atoms with van der Waals surface area (Å²) in [6, 6.07) is 15.9. The molecule has 3 aromatic rings. The Balaban J connectivity index is 1.44. The summed E-state index contributed by atoms with van der Waals surface area (Å²) in [4.78, 5) is 1.02. The largest absolute Gasteiger partial charge is 0.470 e. The van der Waals surface area contributed by atoms with Crippen molar-refractivity contribution in [3.8, 4) is 0 Å². The first-order valence-corrected chi connectivity index (χ1v) is 9.97. The number of benzene rings is 2. The van der Waals surface area contributed by atoms with Gasteiger partial charge in [0.1, 0.15) is 5.58 Å². The molecule has 0 amide bonds. The lowest BCUT2D eigenvalue weighted by Gasteiger charge is -2.17. The lowest BCUT2D eigenvalue weighted by atomic mass is 9.77. The van der Waals surface area contributed by atoms with Gasteiger partial charge in [-0.25, -0.2) is 0 Å². The number of ether oxygens (including phenoxy) is 1. The number of fused-ring (bicyclic) bond motifs is 1. The van der Waals surface area contributed by atoms with E-state index in [-0.39, 0.29) is 6.10 Å². The molecule has 0 radical (unpaired) electrons. The smallest absolute Gasteiger partial charge is 0.464 e. The molecule has 1 saturated heterocycles. The second-order valence-electron chi connectivity index (χ2n) is 6.78. The molecule has 3 N–H and O–H groups in total. The maximum absolute atomic E-state index is 9.82. The molecule has 2 heterocycles. The monoisotopic (exact) mass is 383 g/mol. The van der Waals surface area contributed by atoms with E-state index in [0.29, 0.717) is 6.42 Å². The van der Waals surface area contributed by atoms with Gasteiger partial charge < -0.3 is 19.2 Å². The van der Waals surface area contributed by atoms with E-state index in [1.165, 1.54) is 17.5 Å². The van der Waals surface area contributed by atoms with E-state index in [9.17, 15) is 10.0 Å². The third kappa shape index (κ3) is 4.39. The van der Waals surface area contributed by atoms with Crippen LogP contribution in [0.2, 0.25) is 0 Å². The molecule has 1 aliphatic rings. The van der Waals surface area contributed by atoms with Crippen molar-refractivity contribution in [1.29, 1.82) is 0 Å². The van der Waals surface area contributed by atoms with E-state index in [0.717, 1.165) is 40.9 Å². The summed E-state index contributed by atoms with van der Waals surface area (Å²) in [6.07, 6.45) is 4.45. The maximum atomic E-state index is 9.82. The zero-order valence-corrected chi connectivity index (χ0v) is 15.7. The molecule has 27 heavy (non-hydrogen) atoms. The molecular formula is C20H22BNO4S. The Morgan fingerprint density at radius 2 is 2.07 bits per heavy atom. The Bertz CT molecular complexity index is 894. The summed E-state index contributed by atoms with van der Waals surface area (Å²) < 4.78 is 14.5. The molecule has 4 rings (SSSR count). The van der Waals surface area contributed by atoms with E-state index in [4.69, 9.17) is 9.15 Å². The van der Waals surface area contributed by atoms with Crippen molar-refractivity contribution < 1.29 is 19.2 Å². The van der Waals surface area contributed by atoms with Gasteiger partial charge in [0.15, 0.2) is 0 Å². The Labute approximate surface area is 163 Å². The molecule has 2 atom stereocenters. The van der Waals surface area contributed by atoms with Gasteiger partial charge >= 0.3 is 7.12 Å². The minimum absolute atomic E-state index is 0.169. The lowest BCUT2D eigenvalue weighted by Crippen LogP contribution is -2.42. The molecule has 2 aromatic carbocycles. The summed E-state index contributed by atoms with van der Waals surface area (Å²) in [5, 5.41) is 20.6. The fourth-order valence-electron chi connectivity index (χ4n) is 3.40. The van der Waals surface area contributed by atoms with Crippen LogP contribution >= 0.6 is 11.9 Å². The van der Waals surface area contributed by atoms with Crippen molar-refractivity contribution in [3.05, 3.63) is 65.9 Å². The number of hydrogen-bond acceptors (Lipinski definition) is 6. The Kier molecular flexibility index (Phi) is 5.85. The number of para-hydroxylation sites is 1. The molecule has 1 fully saturated rings. The summed E-state index contributed by atoms with van der Waals surface area (Å²) in [6.45, 7) is 0.817. The van der Waals surface area contributed by atoms with Crippen molar-refractivity contribution in [1.82, 2.24) is 4.72 Å². The van der Waals surface area contributed by atoms with Crippen molar-refractivity contribution in [3.63, 3.8) is 0 Å². The average Bonchev–Trinajstić information content (AvgIpc) is 3.35. The first-order valence-electron chi connectivity index (χ1n) is 9.16. The van der Waals surface area contributed by atoms with E-state index in [2.05, 4.69) is 16.9 Å². The number of rotatable bonds is 7. The molecule has 140 valence electrons. The highest BCUT2D eigenvalue weighted by Crippen LogP contribution is 2.30. The van der Waals surface area contributed by atoms with Crippen molar-refractivity contribution in [2.45, 2.75) is 36.2 Å². The number of nitrogens with one attached hydrogen (secondary N) is 1. The minimum Gasteiger partial charge on any atom is -0.464 e. The molecule has 2 unspecified atom stereocenters. The predicted molar refractivity (Wildman–Crippen MR) is 107 cm³/mol. The first kappa shape index (κ1) is 18.6. The van der Waals surface area contributed by atoms with E-state index in [1.807, 2.05) is 36.4 Å². The van der Waals surface area contributed by atoms with Gasteiger partial charge in [-0.05, 0) is 60.5 Å². The van der Waals surface area contributed by atoms with Gasteiger partial charge in [-0.15, -0.1) is 0 Å². The number of hydrogen-bond donors (Lipinski definition) is 3. The maximum Gasteiger partial charge on any atom is 0.470 e. The zero-order valence-electron chi connectivity index (χ0n) is 14.9. The molecular weight excluding hydrogens is 361 g/mol. The average molecular weight is 383 g/mol. The fourth-order valence-corrected chi connectivity index (χ4v) is 4.23. The second kappa shape index (κ2) is 8.50. The van der Waals surface area contributed by atoms with Crippen LogP contribution in [0.5, 0.6) is 0 Å². The normalized spacial score (nSPS) is 18.1. The lowest BCUT2D eigenvalue weighted by molar-refractivity contribution is 0.112. The summed E-state index contributed by atoms with van der Waals surface area (Å²) in [7, 11) is -1.48. The van der Waals surface area contributed by atoms with Crippen LogP contribution in [0.25, 0.3) is 11.0 Å². The van der Waals surface area contributed by atoms with Crippen LogP contribution in [0, 0.1) is 0 Å². The zero-order chi connectivity index (χ0) is 18.6. The molecule has 0 aliphatic carbocycles. The molecule has 0 saturated carbocycles. The minimum atomic E-state index is -1.48. The van der Waals surface area contributed by atoms with Crippen molar-refractivity contribution >= 4 is 30.0 Å². The van der Waals surface area contributed by atoms with Gasteiger partial charge in [-0.3, -0.25) is 4.72 Å². The molecule has 5 nitrogen and oxygen atoms in total. The van der Waals surface area contributed by atoms with Gasteiger partial charge in [-0.2, -0.15) is 0 Å². The quantitative estimate of drug-likeness (QED) is 0.428.